The lowest BCUT2D eigenvalue weighted by Crippen LogP contribution is -1.83. The van der Waals surface area contributed by atoms with Gasteiger partial charge in [-0.3, -0.25) is 4.98 Å². The molecule has 3 heteroatoms. The van der Waals surface area contributed by atoms with Crippen LogP contribution in [0.4, 0.5) is 0 Å². The number of hydrogen-bond acceptors (Lipinski definition) is 3. The minimum atomic E-state index is 0.984. The summed E-state index contributed by atoms with van der Waals surface area (Å²) >= 11 is 1.84. The van der Waals surface area contributed by atoms with E-state index in [1.165, 1.54) is 119 Å². The van der Waals surface area contributed by atoms with Crippen molar-refractivity contribution in [1.82, 2.24) is 4.98 Å². The molecule has 0 atom stereocenters. The number of nitrogens with zero attached hydrogens (tertiary/aromatic N) is 1. The van der Waals surface area contributed by atoms with E-state index in [9.17, 15) is 0 Å². The zero-order valence-corrected chi connectivity index (χ0v) is 49.3. The van der Waals surface area contributed by atoms with Crippen LogP contribution >= 0.6 is 11.3 Å². The highest BCUT2D eigenvalue weighted by molar-refractivity contribution is 7.11. The SMILES string of the molecule is Cc1cc(C)c2ccccc2c1.Cc1ccc(C)o1.Cc1ccc(C)s1.Cc1ccc2c(ccc3cc(C)ccc32)c1.Cc1ccc2cc(C)c3ccccc3c2c1.Cc1ccc2cc(C)ccc2c1.Cc1cccc(C)n1. The summed E-state index contributed by atoms with van der Waals surface area (Å²) in [5.74, 6) is 1.97. The van der Waals surface area contributed by atoms with Crippen molar-refractivity contribution in [2.45, 2.75) is 96.9 Å². The fraction of sp³-hybridized carbons (Fsp3) is 0.187. The van der Waals surface area contributed by atoms with Crippen LogP contribution in [0.1, 0.15) is 77.2 Å². The van der Waals surface area contributed by atoms with Gasteiger partial charge < -0.3 is 4.42 Å². The lowest BCUT2D eigenvalue weighted by molar-refractivity contribution is 0.504. The molecule has 0 aliphatic carbocycles. The molecule has 0 saturated heterocycles. The second kappa shape index (κ2) is 27.3. The summed E-state index contributed by atoms with van der Waals surface area (Å²) in [6, 6.07) is 75.5. The van der Waals surface area contributed by atoms with Crippen molar-refractivity contribution < 1.29 is 4.42 Å². The van der Waals surface area contributed by atoms with E-state index in [2.05, 4.69) is 256 Å². The minimum absolute atomic E-state index is 0.984. The third-order valence-electron chi connectivity index (χ3n) is 13.5. The van der Waals surface area contributed by atoms with Crippen LogP contribution in [0.15, 0.2) is 217 Å². The Bertz CT molecular complexity index is 3900. The smallest absolute Gasteiger partial charge is 0.101 e. The molecule has 0 saturated carbocycles. The molecular formula is C75H77NOS. The van der Waals surface area contributed by atoms with Gasteiger partial charge in [-0.15, -0.1) is 11.3 Å². The molecule has 2 nitrogen and oxygen atoms in total. The van der Waals surface area contributed by atoms with Gasteiger partial charge in [-0.2, -0.15) is 0 Å². The van der Waals surface area contributed by atoms with Gasteiger partial charge in [0.2, 0.25) is 0 Å². The molecule has 10 aromatic carbocycles. The Kier molecular flexibility index (Phi) is 20.1. The molecule has 0 unspecified atom stereocenters. The molecule has 0 spiro atoms. The molecular weight excluding hydrogens is 963 g/mol. The maximum atomic E-state index is 5.08. The zero-order chi connectivity index (χ0) is 55.9. The highest BCUT2D eigenvalue weighted by Gasteiger charge is 2.04. The first kappa shape index (κ1) is 57.6. The fourth-order valence-corrected chi connectivity index (χ4v) is 10.5. The number of aryl methyl sites for hydroxylation is 14. The highest BCUT2D eigenvalue weighted by atomic mass is 32.1. The monoisotopic (exact) mass is 1040 g/mol. The number of furan rings is 1. The van der Waals surface area contributed by atoms with Crippen LogP contribution in [0.25, 0.3) is 64.6 Å². The van der Waals surface area contributed by atoms with Gasteiger partial charge in [-0.1, -0.05) is 209 Å². The summed E-state index contributed by atoms with van der Waals surface area (Å²) in [5, 5.41) is 16.2. The van der Waals surface area contributed by atoms with Crippen molar-refractivity contribution in [3.63, 3.8) is 0 Å². The van der Waals surface area contributed by atoms with Crippen molar-refractivity contribution in [3.05, 3.63) is 289 Å². The maximum Gasteiger partial charge on any atom is 0.101 e. The van der Waals surface area contributed by atoms with E-state index in [1.54, 1.807) is 0 Å². The lowest BCUT2D eigenvalue weighted by atomic mass is 9.97. The van der Waals surface area contributed by atoms with Crippen LogP contribution in [-0.2, 0) is 0 Å². The summed E-state index contributed by atoms with van der Waals surface area (Å²) in [6.07, 6.45) is 0. The van der Waals surface area contributed by atoms with E-state index >= 15 is 0 Å². The molecule has 0 aliphatic rings. The van der Waals surface area contributed by atoms with Crippen LogP contribution in [0, 0.1) is 96.9 Å². The number of hydrogen-bond donors (Lipinski definition) is 0. The topological polar surface area (TPSA) is 26.0 Å². The van der Waals surface area contributed by atoms with Gasteiger partial charge in [0.15, 0.2) is 0 Å². The summed E-state index contributed by atoms with van der Waals surface area (Å²) in [7, 11) is 0. The number of benzene rings is 10. The standard InChI is InChI=1S/2C16H14.2C12H12.C7H9N.C6H8O.C6H8S/c1-11-3-7-15-13(9-11)5-6-14-10-12(2)4-8-16(14)15;1-11-7-8-13-10-12(2)14-5-3-4-6-15(14)16(13)9-11;1-9-3-5-12-8-10(2)4-6-11(12)7-9;1-9-7-10(2)12-6-4-3-5-11(12)8-9;1-6-4-3-5-7(2)8-6;2*1-5-3-4-6(2)7-5/h2*3-10H,1-2H3;2*3-8H,1-2H3;3-5H,1-2H3;2*3-4H,1-2H3. The van der Waals surface area contributed by atoms with Crippen LogP contribution in [0.3, 0.4) is 0 Å². The van der Waals surface area contributed by atoms with Gasteiger partial charge in [0.25, 0.3) is 0 Å². The third-order valence-corrected chi connectivity index (χ3v) is 14.4. The highest BCUT2D eigenvalue weighted by Crippen LogP contribution is 2.30. The van der Waals surface area contributed by atoms with Crippen molar-refractivity contribution in [1.29, 1.82) is 0 Å². The minimum Gasteiger partial charge on any atom is -0.467 e. The predicted octanol–water partition coefficient (Wildman–Crippen LogP) is 22.1. The predicted molar refractivity (Wildman–Crippen MR) is 344 cm³/mol. The Labute approximate surface area is 469 Å². The average Bonchev–Trinajstić information content (AvgIpc) is 4.00. The second-order valence-electron chi connectivity index (χ2n) is 20.9. The Hall–Kier alpha value is -8.11. The zero-order valence-electron chi connectivity index (χ0n) is 48.5. The van der Waals surface area contributed by atoms with E-state index in [-0.39, 0.29) is 0 Å². The Balaban J connectivity index is 0.000000135. The molecule has 13 rings (SSSR count). The number of rotatable bonds is 0. The summed E-state index contributed by atoms with van der Waals surface area (Å²) in [4.78, 5) is 6.97. The normalized spacial score (nSPS) is 10.4. The molecule has 13 aromatic rings. The van der Waals surface area contributed by atoms with Crippen LogP contribution in [0.5, 0.6) is 0 Å². The van der Waals surface area contributed by atoms with E-state index in [0.717, 1.165) is 22.9 Å². The lowest BCUT2D eigenvalue weighted by Gasteiger charge is -2.07. The molecule has 3 heterocycles. The Morgan fingerprint density at radius 1 is 0.256 bits per heavy atom. The fourth-order valence-electron chi connectivity index (χ4n) is 9.68. The molecule has 0 radical (unpaired) electrons. The quantitative estimate of drug-likeness (QED) is 0.142. The van der Waals surface area contributed by atoms with Gasteiger partial charge in [0, 0.05) is 21.1 Å². The number of aromatic nitrogens is 1. The molecule has 78 heavy (non-hydrogen) atoms. The van der Waals surface area contributed by atoms with E-state index < -0.39 is 0 Å². The van der Waals surface area contributed by atoms with Crippen molar-refractivity contribution in [2.24, 2.45) is 0 Å². The number of pyridine rings is 1. The van der Waals surface area contributed by atoms with Crippen LogP contribution < -0.4 is 0 Å². The molecule has 0 aliphatic heterocycles. The van der Waals surface area contributed by atoms with Crippen molar-refractivity contribution >= 4 is 76.0 Å². The molecule has 0 bridgehead atoms. The first-order valence-corrected chi connectivity index (χ1v) is 27.9. The van der Waals surface area contributed by atoms with Crippen LogP contribution in [-0.4, -0.2) is 4.98 Å². The van der Waals surface area contributed by atoms with Crippen molar-refractivity contribution in [2.75, 3.05) is 0 Å². The first-order valence-electron chi connectivity index (χ1n) is 27.1. The van der Waals surface area contributed by atoms with Gasteiger partial charge in [-0.05, 0) is 209 Å². The molecule has 0 fully saturated rings. The summed E-state index contributed by atoms with van der Waals surface area (Å²) in [6.45, 7) is 29.3. The second-order valence-corrected chi connectivity index (χ2v) is 22.4. The average molecular weight is 1040 g/mol. The van der Waals surface area contributed by atoms with Gasteiger partial charge >= 0.3 is 0 Å². The number of thiophene rings is 1. The Morgan fingerprint density at radius 3 is 1.10 bits per heavy atom. The Morgan fingerprint density at radius 2 is 0.641 bits per heavy atom. The molecule has 394 valence electrons. The number of fused-ring (bicyclic) bond motifs is 8. The third kappa shape index (κ3) is 16.4. The van der Waals surface area contributed by atoms with Gasteiger partial charge in [0.05, 0.1) is 0 Å². The van der Waals surface area contributed by atoms with E-state index in [1.807, 2.05) is 69.4 Å². The van der Waals surface area contributed by atoms with Crippen molar-refractivity contribution in [3.8, 4) is 0 Å². The van der Waals surface area contributed by atoms with E-state index in [4.69, 9.17) is 4.42 Å². The molecule has 0 amide bonds. The van der Waals surface area contributed by atoms with Gasteiger partial charge in [-0.25, -0.2) is 0 Å². The summed E-state index contributed by atoms with van der Waals surface area (Å²) < 4.78 is 5.08. The maximum absolute atomic E-state index is 5.08. The largest absolute Gasteiger partial charge is 0.467 e. The first-order chi connectivity index (χ1) is 37.4. The van der Waals surface area contributed by atoms with Crippen LogP contribution in [0.2, 0.25) is 0 Å². The van der Waals surface area contributed by atoms with Gasteiger partial charge in [0.1, 0.15) is 11.5 Å². The summed E-state index contributed by atoms with van der Waals surface area (Å²) in [5.41, 5.74) is 12.8. The molecule has 3 aromatic heterocycles. The molecule has 0 N–H and O–H groups in total. The van der Waals surface area contributed by atoms with E-state index in [0.29, 0.717) is 0 Å².